The van der Waals surface area contributed by atoms with Gasteiger partial charge < -0.3 is 10.2 Å². The van der Waals surface area contributed by atoms with E-state index in [1.54, 1.807) is 24.3 Å². The summed E-state index contributed by atoms with van der Waals surface area (Å²) in [7, 11) is 0. The summed E-state index contributed by atoms with van der Waals surface area (Å²) in [5.74, 6) is -0.328. The van der Waals surface area contributed by atoms with E-state index in [2.05, 4.69) is 5.32 Å². The van der Waals surface area contributed by atoms with Crippen LogP contribution in [0.2, 0.25) is 5.02 Å². The van der Waals surface area contributed by atoms with Crippen LogP contribution in [-0.2, 0) is 4.79 Å². The second kappa shape index (κ2) is 7.29. The van der Waals surface area contributed by atoms with Gasteiger partial charge in [-0.25, -0.2) is 0 Å². The maximum Gasteiger partial charge on any atom is 0.253 e. The van der Waals surface area contributed by atoms with E-state index in [1.807, 2.05) is 4.90 Å². The third kappa shape index (κ3) is 3.97. The maximum atomic E-state index is 12.0. The van der Waals surface area contributed by atoms with Gasteiger partial charge in [-0.15, -0.1) is 0 Å². The number of rotatable bonds is 3. The Kier molecular flexibility index (Phi) is 5.41. The smallest absolute Gasteiger partial charge is 0.253 e. The molecule has 1 fully saturated rings. The zero-order chi connectivity index (χ0) is 14.4. The molecule has 5 heteroatoms. The number of hydrogen-bond donors (Lipinski definition) is 1. The fraction of sp³-hybridized carbons (Fsp3) is 0.467. The molecule has 0 aliphatic carbocycles. The first-order valence-electron chi connectivity index (χ1n) is 6.99. The van der Waals surface area contributed by atoms with E-state index in [9.17, 15) is 9.59 Å². The molecule has 0 unspecified atom stereocenters. The Bertz CT molecular complexity index is 483. The van der Waals surface area contributed by atoms with Crippen LogP contribution in [0.15, 0.2) is 24.3 Å². The molecular formula is C15H19ClN2O2. The van der Waals surface area contributed by atoms with Gasteiger partial charge in [-0.05, 0) is 25.0 Å². The van der Waals surface area contributed by atoms with E-state index in [0.29, 0.717) is 10.6 Å². The third-order valence-electron chi connectivity index (χ3n) is 3.48. The highest BCUT2D eigenvalue weighted by atomic mass is 35.5. The minimum Gasteiger partial charge on any atom is -0.343 e. The molecule has 1 saturated heterocycles. The molecule has 1 aliphatic rings. The zero-order valence-electron chi connectivity index (χ0n) is 11.4. The standard InChI is InChI=1S/C15H19ClN2O2/c16-13-8-4-3-7-12(13)15(20)17-11-14(19)18-9-5-1-2-6-10-18/h3-4,7-8H,1-2,5-6,9-11H2,(H,17,20). The summed E-state index contributed by atoms with van der Waals surface area (Å²) < 4.78 is 0. The minimum atomic E-state index is -0.307. The van der Waals surface area contributed by atoms with Crippen molar-refractivity contribution in [3.05, 3.63) is 34.9 Å². The molecule has 0 spiro atoms. The van der Waals surface area contributed by atoms with E-state index < -0.39 is 0 Å². The van der Waals surface area contributed by atoms with Gasteiger partial charge in [0.05, 0.1) is 17.1 Å². The first-order chi connectivity index (χ1) is 9.68. The highest BCUT2D eigenvalue weighted by molar-refractivity contribution is 6.33. The molecule has 2 amide bonds. The van der Waals surface area contributed by atoms with Crippen LogP contribution in [0.5, 0.6) is 0 Å². The van der Waals surface area contributed by atoms with Crippen LogP contribution < -0.4 is 5.32 Å². The molecule has 1 heterocycles. The topological polar surface area (TPSA) is 49.4 Å². The van der Waals surface area contributed by atoms with Crippen molar-refractivity contribution in [1.29, 1.82) is 0 Å². The first-order valence-corrected chi connectivity index (χ1v) is 7.37. The van der Waals surface area contributed by atoms with Gasteiger partial charge in [-0.1, -0.05) is 36.6 Å². The quantitative estimate of drug-likeness (QED) is 0.931. The van der Waals surface area contributed by atoms with Crippen molar-refractivity contribution in [2.45, 2.75) is 25.7 Å². The second-order valence-electron chi connectivity index (χ2n) is 4.96. The van der Waals surface area contributed by atoms with Crippen molar-refractivity contribution in [1.82, 2.24) is 10.2 Å². The highest BCUT2D eigenvalue weighted by Gasteiger charge is 2.17. The summed E-state index contributed by atoms with van der Waals surface area (Å²) in [6.45, 7) is 1.62. The molecule has 0 aromatic heterocycles. The molecule has 1 aliphatic heterocycles. The Labute approximate surface area is 124 Å². The largest absolute Gasteiger partial charge is 0.343 e. The summed E-state index contributed by atoms with van der Waals surface area (Å²) in [5, 5.41) is 3.04. The van der Waals surface area contributed by atoms with Crippen molar-refractivity contribution in [3.8, 4) is 0 Å². The van der Waals surface area contributed by atoms with E-state index in [1.165, 1.54) is 12.8 Å². The Morgan fingerprint density at radius 2 is 1.75 bits per heavy atom. The molecule has 1 aromatic carbocycles. The van der Waals surface area contributed by atoms with Crippen molar-refractivity contribution in [2.75, 3.05) is 19.6 Å². The van der Waals surface area contributed by atoms with Gasteiger partial charge >= 0.3 is 0 Å². The van der Waals surface area contributed by atoms with Gasteiger partial charge in [0.1, 0.15) is 0 Å². The molecule has 1 aromatic rings. The van der Waals surface area contributed by atoms with E-state index in [0.717, 1.165) is 25.9 Å². The average molecular weight is 295 g/mol. The van der Waals surface area contributed by atoms with Crippen LogP contribution in [0.4, 0.5) is 0 Å². The van der Waals surface area contributed by atoms with Crippen molar-refractivity contribution in [3.63, 3.8) is 0 Å². The van der Waals surface area contributed by atoms with Crippen LogP contribution in [0.1, 0.15) is 36.0 Å². The normalized spacial score (nSPS) is 15.6. The molecular weight excluding hydrogens is 276 g/mol. The Morgan fingerprint density at radius 1 is 1.10 bits per heavy atom. The number of amides is 2. The molecule has 4 nitrogen and oxygen atoms in total. The highest BCUT2D eigenvalue weighted by Crippen LogP contribution is 2.14. The van der Waals surface area contributed by atoms with Gasteiger partial charge in [0, 0.05) is 13.1 Å². The van der Waals surface area contributed by atoms with Crippen LogP contribution in [-0.4, -0.2) is 36.3 Å². The number of nitrogens with zero attached hydrogens (tertiary/aromatic N) is 1. The molecule has 0 atom stereocenters. The Morgan fingerprint density at radius 3 is 2.40 bits per heavy atom. The van der Waals surface area contributed by atoms with E-state index >= 15 is 0 Å². The van der Waals surface area contributed by atoms with Crippen molar-refractivity contribution < 1.29 is 9.59 Å². The molecule has 0 bridgehead atoms. The summed E-state index contributed by atoms with van der Waals surface area (Å²) in [6, 6.07) is 6.82. The van der Waals surface area contributed by atoms with Crippen LogP contribution >= 0.6 is 11.6 Å². The first kappa shape index (κ1) is 14.9. The Balaban J connectivity index is 1.86. The summed E-state index contributed by atoms with van der Waals surface area (Å²) in [5.41, 5.74) is 0.401. The lowest BCUT2D eigenvalue weighted by Crippen LogP contribution is -2.40. The molecule has 20 heavy (non-hydrogen) atoms. The van der Waals surface area contributed by atoms with Gasteiger partial charge in [0.2, 0.25) is 5.91 Å². The number of carbonyl (C=O) groups excluding carboxylic acids is 2. The summed E-state index contributed by atoms with van der Waals surface area (Å²) in [4.78, 5) is 25.8. The number of carbonyl (C=O) groups is 2. The van der Waals surface area contributed by atoms with E-state index in [4.69, 9.17) is 11.6 Å². The molecule has 2 rings (SSSR count). The second-order valence-corrected chi connectivity index (χ2v) is 5.36. The van der Waals surface area contributed by atoms with Gasteiger partial charge in [0.25, 0.3) is 5.91 Å². The van der Waals surface area contributed by atoms with Crippen LogP contribution in [0, 0.1) is 0 Å². The number of likely N-dealkylation sites (tertiary alicyclic amines) is 1. The predicted octanol–water partition coefficient (Wildman–Crippen LogP) is 2.47. The van der Waals surface area contributed by atoms with Gasteiger partial charge in [-0.2, -0.15) is 0 Å². The molecule has 0 radical (unpaired) electrons. The fourth-order valence-corrected chi connectivity index (χ4v) is 2.55. The number of halogens is 1. The van der Waals surface area contributed by atoms with Crippen LogP contribution in [0.25, 0.3) is 0 Å². The van der Waals surface area contributed by atoms with Gasteiger partial charge in [0.15, 0.2) is 0 Å². The SMILES string of the molecule is O=C(NCC(=O)N1CCCCCC1)c1ccccc1Cl. The summed E-state index contributed by atoms with van der Waals surface area (Å²) in [6.07, 6.45) is 4.44. The van der Waals surface area contributed by atoms with Crippen LogP contribution in [0.3, 0.4) is 0 Å². The van der Waals surface area contributed by atoms with Gasteiger partial charge in [-0.3, -0.25) is 9.59 Å². The molecule has 108 valence electrons. The van der Waals surface area contributed by atoms with E-state index in [-0.39, 0.29) is 18.4 Å². The third-order valence-corrected chi connectivity index (χ3v) is 3.81. The number of benzene rings is 1. The monoisotopic (exact) mass is 294 g/mol. The lowest BCUT2D eigenvalue weighted by molar-refractivity contribution is -0.130. The maximum absolute atomic E-state index is 12.0. The predicted molar refractivity (Wildman–Crippen MR) is 78.8 cm³/mol. The molecule has 0 saturated carbocycles. The van der Waals surface area contributed by atoms with Crippen molar-refractivity contribution in [2.24, 2.45) is 0 Å². The number of nitrogens with one attached hydrogen (secondary N) is 1. The summed E-state index contributed by atoms with van der Waals surface area (Å²) >= 11 is 5.95. The number of hydrogen-bond acceptors (Lipinski definition) is 2. The molecule has 1 N–H and O–H groups in total. The lowest BCUT2D eigenvalue weighted by Gasteiger charge is -2.20. The zero-order valence-corrected chi connectivity index (χ0v) is 12.2. The van der Waals surface area contributed by atoms with Crippen molar-refractivity contribution >= 4 is 23.4 Å². The fourth-order valence-electron chi connectivity index (χ4n) is 2.33. The lowest BCUT2D eigenvalue weighted by atomic mass is 10.2. The average Bonchev–Trinajstić information content (AvgIpc) is 2.74. The Hall–Kier alpha value is -1.55. The minimum absolute atomic E-state index is 0.0210.